The molecule has 0 aliphatic carbocycles. The summed E-state index contributed by atoms with van der Waals surface area (Å²) in [7, 11) is 1.24. The summed E-state index contributed by atoms with van der Waals surface area (Å²) >= 11 is 0. The predicted molar refractivity (Wildman–Crippen MR) is 40.9 cm³/mol. The second-order valence-corrected chi connectivity index (χ2v) is 2.04. The third-order valence-electron chi connectivity index (χ3n) is 1.09. The lowest BCUT2D eigenvalue weighted by Crippen LogP contribution is -2.11. The first-order valence-corrected chi connectivity index (χ1v) is 3.26. The van der Waals surface area contributed by atoms with Crippen molar-refractivity contribution >= 4 is 5.97 Å². The van der Waals surface area contributed by atoms with Crippen LogP contribution in [0, 0.1) is 22.0 Å². The summed E-state index contributed by atoms with van der Waals surface area (Å²) in [4.78, 5) is 20.0. The summed E-state index contributed by atoms with van der Waals surface area (Å²) in [5, 5.41) is 10.0. The number of nitrogens with zero attached hydrogens (tertiary/aromatic N) is 1. The average Bonchev–Trinajstić information content (AvgIpc) is 2.03. The van der Waals surface area contributed by atoms with Crippen LogP contribution in [-0.4, -0.2) is 24.0 Å². The van der Waals surface area contributed by atoms with E-state index < -0.39 is 16.9 Å². The minimum Gasteiger partial charge on any atom is -0.468 e. The molecule has 0 aromatic heterocycles. The summed E-state index contributed by atoms with van der Waals surface area (Å²) in [6, 6.07) is -0.936. The van der Waals surface area contributed by atoms with Crippen LogP contribution in [0.15, 0.2) is 0 Å². The van der Waals surface area contributed by atoms with E-state index in [9.17, 15) is 14.9 Å². The molecule has 0 N–H and O–H groups in total. The van der Waals surface area contributed by atoms with E-state index in [-0.39, 0.29) is 6.42 Å². The molecule has 5 heteroatoms. The maximum absolute atomic E-state index is 10.5. The van der Waals surface area contributed by atoms with E-state index in [2.05, 4.69) is 16.6 Å². The number of hydrogen-bond acceptors (Lipinski definition) is 4. The minimum absolute atomic E-state index is 0.103. The van der Waals surface area contributed by atoms with Crippen molar-refractivity contribution in [3.05, 3.63) is 10.1 Å². The van der Waals surface area contributed by atoms with Crippen LogP contribution < -0.4 is 0 Å². The van der Waals surface area contributed by atoms with E-state index in [1.165, 1.54) is 14.0 Å². The first kappa shape index (κ1) is 10.4. The Morgan fingerprint density at radius 1 is 1.75 bits per heavy atom. The molecule has 0 aliphatic rings. The molecule has 0 aromatic carbocycles. The Morgan fingerprint density at radius 3 is 2.75 bits per heavy atom. The zero-order chi connectivity index (χ0) is 9.56. The lowest BCUT2D eigenvalue weighted by molar-refractivity contribution is -0.502. The van der Waals surface area contributed by atoms with E-state index in [4.69, 9.17) is 0 Å². The fourth-order valence-corrected chi connectivity index (χ4v) is 0.396. The van der Waals surface area contributed by atoms with Gasteiger partial charge in [-0.05, 0) is 5.92 Å². The molecule has 5 nitrogen and oxygen atoms in total. The summed E-state index contributed by atoms with van der Waals surface area (Å²) in [5.74, 6) is 4.16. The van der Waals surface area contributed by atoms with Gasteiger partial charge in [-0.25, -0.2) is 0 Å². The summed E-state index contributed by atoms with van der Waals surface area (Å²) in [6.07, 6.45) is -0.103. The molecule has 0 bridgehead atoms. The van der Waals surface area contributed by atoms with Crippen LogP contribution in [0.1, 0.15) is 13.3 Å². The van der Waals surface area contributed by atoms with Crippen molar-refractivity contribution in [2.45, 2.75) is 19.4 Å². The number of esters is 1. The second kappa shape index (κ2) is 5.13. The van der Waals surface area contributed by atoms with E-state index in [1.54, 1.807) is 0 Å². The third-order valence-corrected chi connectivity index (χ3v) is 1.09. The molecule has 66 valence electrons. The fraction of sp³-hybridized carbons (Fsp3) is 0.571. The molecule has 0 saturated carbocycles. The van der Waals surface area contributed by atoms with Crippen LogP contribution >= 0.6 is 0 Å². The van der Waals surface area contributed by atoms with Gasteiger partial charge in [0.15, 0.2) is 0 Å². The van der Waals surface area contributed by atoms with Gasteiger partial charge in [-0.15, -0.1) is 0 Å². The van der Waals surface area contributed by atoms with Crippen LogP contribution in [-0.2, 0) is 9.53 Å². The highest BCUT2D eigenvalue weighted by molar-refractivity contribution is 5.72. The topological polar surface area (TPSA) is 69.4 Å². The number of methoxy groups -OCH3 is 1. The highest BCUT2D eigenvalue weighted by atomic mass is 16.6. The van der Waals surface area contributed by atoms with Gasteiger partial charge >= 0.3 is 5.97 Å². The molecule has 0 amide bonds. The first-order valence-electron chi connectivity index (χ1n) is 3.26. The van der Waals surface area contributed by atoms with Crippen LogP contribution in [0.25, 0.3) is 0 Å². The minimum atomic E-state index is -0.936. The maximum atomic E-state index is 10.5. The van der Waals surface area contributed by atoms with Crippen LogP contribution in [0.4, 0.5) is 0 Å². The Morgan fingerprint density at radius 2 is 2.33 bits per heavy atom. The van der Waals surface area contributed by atoms with E-state index in [1.807, 2.05) is 0 Å². The second-order valence-electron chi connectivity index (χ2n) is 2.04. The van der Waals surface area contributed by atoms with Crippen molar-refractivity contribution < 1.29 is 14.5 Å². The first-order chi connectivity index (χ1) is 5.57. The number of hydrogen-bond donors (Lipinski definition) is 0. The lowest BCUT2D eigenvalue weighted by atomic mass is 10.3. The summed E-state index contributed by atoms with van der Waals surface area (Å²) < 4.78 is 4.28. The molecule has 0 saturated heterocycles. The van der Waals surface area contributed by atoms with Gasteiger partial charge in [-0.2, -0.15) is 0 Å². The number of ether oxygens (including phenoxy) is 1. The van der Waals surface area contributed by atoms with Crippen molar-refractivity contribution in [1.82, 2.24) is 0 Å². The van der Waals surface area contributed by atoms with Crippen molar-refractivity contribution in [2.24, 2.45) is 0 Å². The van der Waals surface area contributed by atoms with Crippen molar-refractivity contribution in [1.29, 1.82) is 0 Å². The maximum Gasteiger partial charge on any atom is 0.317 e. The number of rotatable bonds is 2. The molecule has 0 radical (unpaired) electrons. The Hall–Kier alpha value is -1.57. The van der Waals surface area contributed by atoms with Gasteiger partial charge in [-0.3, -0.25) is 14.9 Å². The van der Waals surface area contributed by atoms with Gasteiger partial charge in [0.05, 0.1) is 7.11 Å². The van der Waals surface area contributed by atoms with Gasteiger partial charge in [0, 0.05) is 11.8 Å². The Balaban J connectivity index is 3.88. The molecule has 0 aromatic rings. The van der Waals surface area contributed by atoms with Gasteiger partial charge in [0.25, 0.3) is 6.04 Å². The zero-order valence-corrected chi connectivity index (χ0v) is 6.86. The molecular weight excluding hydrogens is 162 g/mol. The Bertz CT molecular complexity index is 238. The zero-order valence-electron chi connectivity index (χ0n) is 6.86. The van der Waals surface area contributed by atoms with E-state index in [0.717, 1.165) is 0 Å². The average molecular weight is 171 g/mol. The van der Waals surface area contributed by atoms with Gasteiger partial charge < -0.3 is 4.74 Å². The molecule has 0 aliphatic heterocycles. The van der Waals surface area contributed by atoms with E-state index >= 15 is 0 Å². The van der Waals surface area contributed by atoms with Crippen LogP contribution in [0.3, 0.4) is 0 Å². The van der Waals surface area contributed by atoms with Crippen LogP contribution in [0.2, 0.25) is 0 Å². The Labute approximate surface area is 69.9 Å². The largest absolute Gasteiger partial charge is 0.468 e. The third kappa shape index (κ3) is 4.28. The normalized spacial score (nSPS) is 10.8. The van der Waals surface area contributed by atoms with Crippen molar-refractivity contribution in [2.75, 3.05) is 7.11 Å². The molecule has 0 spiro atoms. The molecule has 1 atom stereocenters. The summed E-state index contributed by atoms with van der Waals surface area (Å²) in [5.41, 5.74) is 0. The van der Waals surface area contributed by atoms with Gasteiger partial charge in [0.1, 0.15) is 6.42 Å². The molecular formula is C7H9NO4. The molecule has 12 heavy (non-hydrogen) atoms. The predicted octanol–water partition coefficient (Wildman–Crippen LogP) is 0.218. The standard InChI is InChI=1S/C7H9NO4/c1-6(8(10)11)4-3-5-7(9)12-2/h6H,5H2,1-2H3. The number of nitro groups is 1. The lowest BCUT2D eigenvalue weighted by Gasteiger charge is -1.91. The molecule has 1 unspecified atom stereocenters. The monoisotopic (exact) mass is 171 g/mol. The smallest absolute Gasteiger partial charge is 0.317 e. The van der Waals surface area contributed by atoms with Crippen molar-refractivity contribution in [3.8, 4) is 11.8 Å². The molecule has 0 heterocycles. The van der Waals surface area contributed by atoms with E-state index in [0.29, 0.717) is 0 Å². The van der Waals surface area contributed by atoms with Crippen molar-refractivity contribution in [3.63, 3.8) is 0 Å². The quantitative estimate of drug-likeness (QED) is 0.258. The number of carbonyl (C=O) groups is 1. The highest BCUT2D eigenvalue weighted by Gasteiger charge is 2.06. The van der Waals surface area contributed by atoms with Crippen LogP contribution in [0.5, 0.6) is 0 Å². The SMILES string of the molecule is COC(=O)CC#CC(C)[N+](=O)[O-]. The Kier molecular flexibility index (Phi) is 4.46. The number of carbonyl (C=O) groups excluding carboxylic acids is 1. The highest BCUT2D eigenvalue weighted by Crippen LogP contribution is 1.86. The fourth-order valence-electron chi connectivity index (χ4n) is 0.396. The van der Waals surface area contributed by atoms with Gasteiger partial charge in [0.2, 0.25) is 0 Å². The molecule has 0 rings (SSSR count). The summed E-state index contributed by atoms with van der Waals surface area (Å²) in [6.45, 7) is 1.35. The van der Waals surface area contributed by atoms with Gasteiger partial charge in [-0.1, -0.05) is 5.92 Å². The molecule has 0 fully saturated rings.